The molecule has 8 nitrogen and oxygen atoms in total. The molecule has 2 unspecified atom stereocenters. The molecule has 4 aliphatic heterocycles. The predicted molar refractivity (Wildman–Crippen MR) is 143 cm³/mol. The zero-order chi connectivity index (χ0) is 27.2. The van der Waals surface area contributed by atoms with Crippen molar-refractivity contribution >= 4 is 17.7 Å². The first-order valence-electron chi connectivity index (χ1n) is 13.8. The SMILES string of the molecule is CCCC(C)N1CC=C[C@]23O[C@@]4(C)C=CCN(Cc5ccccc5)C(=O)[C@H]4[C@H]2C(=O)N([C@H](C)CO)C3C1=O. The number of fused-ring (bicyclic) bond motifs is 2. The normalized spacial score (nSPS) is 34.1. The summed E-state index contributed by atoms with van der Waals surface area (Å²) in [6.07, 6.45) is 9.38. The molecule has 204 valence electrons. The molecule has 7 atom stereocenters. The van der Waals surface area contributed by atoms with E-state index < -0.39 is 35.1 Å². The molecule has 2 fully saturated rings. The van der Waals surface area contributed by atoms with E-state index in [9.17, 15) is 19.5 Å². The fourth-order valence-electron chi connectivity index (χ4n) is 7.01. The summed E-state index contributed by atoms with van der Waals surface area (Å²) in [7, 11) is 0. The molecule has 5 rings (SSSR count). The molecule has 0 bridgehead atoms. The summed E-state index contributed by atoms with van der Waals surface area (Å²) in [6.45, 7) is 8.66. The van der Waals surface area contributed by atoms with Crippen LogP contribution in [0.5, 0.6) is 0 Å². The first-order valence-corrected chi connectivity index (χ1v) is 13.8. The van der Waals surface area contributed by atoms with Gasteiger partial charge in [-0.05, 0) is 32.8 Å². The third kappa shape index (κ3) is 4.00. The van der Waals surface area contributed by atoms with E-state index in [-0.39, 0.29) is 30.4 Å². The minimum Gasteiger partial charge on any atom is -0.394 e. The second-order valence-corrected chi connectivity index (χ2v) is 11.4. The summed E-state index contributed by atoms with van der Waals surface area (Å²) in [6, 6.07) is 8.22. The Morgan fingerprint density at radius 3 is 2.37 bits per heavy atom. The molecule has 4 heterocycles. The maximum Gasteiger partial charge on any atom is 0.249 e. The number of aliphatic hydroxyl groups excluding tert-OH is 1. The van der Waals surface area contributed by atoms with Crippen LogP contribution in [0.3, 0.4) is 0 Å². The van der Waals surface area contributed by atoms with Crippen LogP contribution in [0.25, 0.3) is 0 Å². The molecule has 38 heavy (non-hydrogen) atoms. The number of carbonyl (C=O) groups is 3. The first kappa shape index (κ1) is 26.6. The summed E-state index contributed by atoms with van der Waals surface area (Å²) in [5.41, 5.74) is -1.35. The summed E-state index contributed by atoms with van der Waals surface area (Å²) < 4.78 is 6.84. The van der Waals surface area contributed by atoms with Crippen LogP contribution in [0.15, 0.2) is 54.6 Å². The summed E-state index contributed by atoms with van der Waals surface area (Å²) >= 11 is 0. The minimum atomic E-state index is -1.30. The van der Waals surface area contributed by atoms with Gasteiger partial charge >= 0.3 is 0 Å². The highest BCUT2D eigenvalue weighted by Gasteiger charge is 2.75. The lowest BCUT2D eigenvalue weighted by Gasteiger charge is -2.40. The average molecular weight is 522 g/mol. The Bertz CT molecular complexity index is 1150. The van der Waals surface area contributed by atoms with Crippen molar-refractivity contribution in [3.05, 3.63) is 60.2 Å². The highest BCUT2D eigenvalue weighted by atomic mass is 16.5. The lowest BCUT2D eigenvalue weighted by Crippen LogP contribution is -2.59. The van der Waals surface area contributed by atoms with Crippen LogP contribution in [0.2, 0.25) is 0 Å². The average Bonchev–Trinajstić information content (AvgIpc) is 3.18. The molecule has 1 aromatic rings. The van der Waals surface area contributed by atoms with Gasteiger partial charge in [0.2, 0.25) is 17.7 Å². The molecule has 2 saturated heterocycles. The van der Waals surface area contributed by atoms with Gasteiger partial charge in [0.25, 0.3) is 0 Å². The fraction of sp³-hybridized carbons (Fsp3) is 0.567. The highest BCUT2D eigenvalue weighted by Crippen LogP contribution is 2.58. The van der Waals surface area contributed by atoms with Gasteiger partial charge in [-0.2, -0.15) is 0 Å². The number of amides is 3. The molecule has 0 aromatic heterocycles. The van der Waals surface area contributed by atoms with Gasteiger partial charge < -0.3 is 24.5 Å². The van der Waals surface area contributed by atoms with Crippen molar-refractivity contribution in [2.75, 3.05) is 19.7 Å². The highest BCUT2D eigenvalue weighted by molar-refractivity contribution is 6.00. The summed E-state index contributed by atoms with van der Waals surface area (Å²) in [5.74, 6) is -2.33. The molecule has 0 radical (unpaired) electrons. The molecule has 1 N–H and O–H groups in total. The number of hydrogen-bond acceptors (Lipinski definition) is 5. The Hall–Kier alpha value is -2.97. The maximum atomic E-state index is 14.3. The quantitative estimate of drug-likeness (QED) is 0.557. The number of carbonyl (C=O) groups excluding carboxylic acids is 3. The van der Waals surface area contributed by atoms with Crippen LogP contribution in [0.4, 0.5) is 0 Å². The topological polar surface area (TPSA) is 90.4 Å². The van der Waals surface area contributed by atoms with Gasteiger partial charge in [0.1, 0.15) is 11.6 Å². The Morgan fingerprint density at radius 2 is 1.68 bits per heavy atom. The molecule has 0 saturated carbocycles. The van der Waals surface area contributed by atoms with Crippen LogP contribution in [-0.2, 0) is 25.7 Å². The van der Waals surface area contributed by atoms with Crippen LogP contribution in [-0.4, -0.2) is 86.6 Å². The van der Waals surface area contributed by atoms with Gasteiger partial charge in [-0.1, -0.05) is 68.0 Å². The van der Waals surface area contributed by atoms with Crippen molar-refractivity contribution in [1.29, 1.82) is 0 Å². The molecular weight excluding hydrogens is 482 g/mol. The van der Waals surface area contributed by atoms with E-state index in [1.165, 1.54) is 4.90 Å². The van der Waals surface area contributed by atoms with Crippen LogP contribution in [0, 0.1) is 11.8 Å². The van der Waals surface area contributed by atoms with E-state index in [4.69, 9.17) is 4.74 Å². The number of benzene rings is 1. The Morgan fingerprint density at radius 1 is 0.974 bits per heavy atom. The van der Waals surface area contributed by atoms with Crippen molar-refractivity contribution in [3.63, 3.8) is 0 Å². The Labute approximate surface area is 224 Å². The molecule has 3 amide bonds. The monoisotopic (exact) mass is 521 g/mol. The number of nitrogens with zero attached hydrogens (tertiary/aromatic N) is 3. The smallest absolute Gasteiger partial charge is 0.249 e. The summed E-state index contributed by atoms with van der Waals surface area (Å²) in [4.78, 5) is 47.8. The van der Waals surface area contributed by atoms with Crippen molar-refractivity contribution in [1.82, 2.24) is 14.7 Å². The second-order valence-electron chi connectivity index (χ2n) is 11.4. The lowest BCUT2D eigenvalue weighted by molar-refractivity contribution is -0.156. The van der Waals surface area contributed by atoms with Gasteiger partial charge in [-0.25, -0.2) is 0 Å². The number of rotatable bonds is 7. The molecule has 1 spiro atoms. The van der Waals surface area contributed by atoms with Gasteiger partial charge in [-0.3, -0.25) is 14.4 Å². The number of likely N-dealkylation sites (tertiary alicyclic amines) is 1. The third-order valence-electron chi connectivity index (χ3n) is 8.80. The Kier molecular flexibility index (Phi) is 6.99. The van der Waals surface area contributed by atoms with Crippen molar-refractivity contribution < 1.29 is 24.2 Å². The number of hydrogen-bond donors (Lipinski definition) is 1. The zero-order valence-electron chi connectivity index (χ0n) is 22.7. The first-order chi connectivity index (χ1) is 18.2. The maximum absolute atomic E-state index is 14.3. The van der Waals surface area contributed by atoms with E-state index in [1.54, 1.807) is 11.8 Å². The molecule has 8 heteroatoms. The van der Waals surface area contributed by atoms with Crippen molar-refractivity contribution in [2.45, 2.75) is 76.4 Å². The standard InChI is InChI=1S/C30H39N3O5/c1-5-11-20(2)32-17-10-15-30-24(27(36)33(21(3)19-34)25(30)28(32)37)23-26(35)31(16-9-14-29(23,4)38-30)18-22-12-7-6-8-13-22/h6-10,12-15,20-21,23-25,34H,5,11,16-19H2,1-4H3/t20?,21-,23-,24+,25?,29+,30+/m1/s1. The zero-order valence-corrected chi connectivity index (χ0v) is 22.7. The molecular formula is C30H39N3O5. The second kappa shape index (κ2) is 9.97. The molecule has 4 aliphatic rings. The summed E-state index contributed by atoms with van der Waals surface area (Å²) in [5, 5.41) is 10.1. The number of ether oxygens (including phenoxy) is 1. The van der Waals surface area contributed by atoms with Crippen molar-refractivity contribution in [3.8, 4) is 0 Å². The van der Waals surface area contributed by atoms with E-state index >= 15 is 0 Å². The Balaban J connectivity index is 1.59. The number of aliphatic hydroxyl groups is 1. The van der Waals surface area contributed by atoms with Gasteiger partial charge in [0, 0.05) is 25.7 Å². The third-order valence-corrected chi connectivity index (χ3v) is 8.80. The molecule has 1 aromatic carbocycles. The van der Waals surface area contributed by atoms with Crippen LogP contribution >= 0.6 is 0 Å². The van der Waals surface area contributed by atoms with Gasteiger partial charge in [0.15, 0.2) is 0 Å². The van der Waals surface area contributed by atoms with Crippen LogP contribution in [0.1, 0.15) is 46.1 Å². The van der Waals surface area contributed by atoms with E-state index in [0.29, 0.717) is 19.6 Å². The van der Waals surface area contributed by atoms with Crippen LogP contribution < -0.4 is 0 Å². The van der Waals surface area contributed by atoms with Crippen molar-refractivity contribution in [2.24, 2.45) is 11.8 Å². The lowest BCUT2D eigenvalue weighted by atomic mass is 9.74. The van der Waals surface area contributed by atoms with E-state index in [0.717, 1.165) is 18.4 Å². The van der Waals surface area contributed by atoms with Gasteiger partial charge in [0.05, 0.1) is 30.1 Å². The fourth-order valence-corrected chi connectivity index (χ4v) is 7.01. The molecule has 0 aliphatic carbocycles. The predicted octanol–water partition coefficient (Wildman–Crippen LogP) is 2.52. The van der Waals surface area contributed by atoms with E-state index in [2.05, 4.69) is 6.92 Å². The van der Waals surface area contributed by atoms with Gasteiger partial charge in [-0.15, -0.1) is 0 Å². The minimum absolute atomic E-state index is 0.0157. The van der Waals surface area contributed by atoms with E-state index in [1.807, 2.05) is 73.4 Å². The largest absolute Gasteiger partial charge is 0.394 e.